The molecule has 0 unspecified atom stereocenters. The van der Waals surface area contributed by atoms with Gasteiger partial charge in [-0.1, -0.05) is 12.1 Å². The Morgan fingerprint density at radius 2 is 1.63 bits per heavy atom. The van der Waals surface area contributed by atoms with E-state index in [9.17, 15) is 14.4 Å². The van der Waals surface area contributed by atoms with Crippen molar-refractivity contribution in [2.75, 3.05) is 38.1 Å². The van der Waals surface area contributed by atoms with Gasteiger partial charge in [-0.3, -0.25) is 14.4 Å². The smallest absolute Gasteiger partial charge is 0.289 e. The third-order valence-electron chi connectivity index (χ3n) is 4.80. The number of hydrogen-bond donors (Lipinski definition) is 0. The van der Waals surface area contributed by atoms with Crippen LogP contribution >= 0.6 is 0 Å². The normalized spacial score (nSPS) is 14.1. The second kappa shape index (κ2) is 8.07. The Bertz CT molecular complexity index is 806. The van der Waals surface area contributed by atoms with Gasteiger partial charge in [-0.25, -0.2) is 0 Å². The molecular formula is C20H23N3O4. The minimum absolute atomic E-state index is 0.0350. The van der Waals surface area contributed by atoms with E-state index in [4.69, 9.17) is 4.42 Å². The van der Waals surface area contributed by atoms with Crippen molar-refractivity contribution in [2.45, 2.75) is 13.3 Å². The molecule has 1 aromatic carbocycles. The highest BCUT2D eigenvalue weighted by molar-refractivity contribution is 5.92. The van der Waals surface area contributed by atoms with E-state index in [1.165, 1.54) is 13.2 Å². The standard InChI is InChI=1S/C20H23N3O4/c1-15(24)21(2)17-7-5-16(6-8-17)14-19(25)22-9-11-23(12-10-22)20(26)18-4-3-13-27-18/h3-8,13H,9-12,14H2,1-2H3. The fourth-order valence-corrected chi connectivity index (χ4v) is 3.02. The Morgan fingerprint density at radius 3 is 2.19 bits per heavy atom. The molecular weight excluding hydrogens is 346 g/mol. The van der Waals surface area contributed by atoms with Crippen LogP contribution in [0, 0.1) is 0 Å². The molecule has 0 aliphatic carbocycles. The van der Waals surface area contributed by atoms with Crippen LogP contribution in [0.4, 0.5) is 5.69 Å². The number of rotatable bonds is 4. The van der Waals surface area contributed by atoms with E-state index >= 15 is 0 Å². The molecule has 1 fully saturated rings. The van der Waals surface area contributed by atoms with E-state index in [0.717, 1.165) is 11.3 Å². The molecule has 0 spiro atoms. The first-order chi connectivity index (χ1) is 13.0. The topological polar surface area (TPSA) is 74.1 Å². The van der Waals surface area contributed by atoms with Crippen molar-refractivity contribution in [1.82, 2.24) is 9.80 Å². The van der Waals surface area contributed by atoms with Crippen molar-refractivity contribution in [2.24, 2.45) is 0 Å². The van der Waals surface area contributed by atoms with Crippen LogP contribution in [0.5, 0.6) is 0 Å². The zero-order valence-corrected chi connectivity index (χ0v) is 15.6. The lowest BCUT2D eigenvalue weighted by molar-refractivity contribution is -0.132. The fraction of sp³-hybridized carbons (Fsp3) is 0.350. The zero-order chi connectivity index (χ0) is 19.4. The number of carbonyl (C=O) groups excluding carboxylic acids is 3. The molecule has 0 saturated carbocycles. The Morgan fingerprint density at radius 1 is 1.00 bits per heavy atom. The van der Waals surface area contributed by atoms with Gasteiger partial charge in [0.25, 0.3) is 5.91 Å². The predicted molar refractivity (Wildman–Crippen MR) is 100 cm³/mol. The summed E-state index contributed by atoms with van der Waals surface area (Å²) in [7, 11) is 1.71. The summed E-state index contributed by atoms with van der Waals surface area (Å²) in [5, 5.41) is 0. The van der Waals surface area contributed by atoms with E-state index in [-0.39, 0.29) is 17.7 Å². The van der Waals surface area contributed by atoms with Crippen LogP contribution in [0.2, 0.25) is 0 Å². The molecule has 0 atom stereocenters. The molecule has 2 heterocycles. The molecule has 1 saturated heterocycles. The van der Waals surface area contributed by atoms with Crippen LogP contribution in [-0.2, 0) is 16.0 Å². The Labute approximate surface area is 158 Å². The molecule has 1 aliphatic rings. The van der Waals surface area contributed by atoms with Gasteiger partial charge < -0.3 is 19.1 Å². The minimum Gasteiger partial charge on any atom is -0.459 e. The van der Waals surface area contributed by atoms with Crippen LogP contribution in [-0.4, -0.2) is 60.7 Å². The maximum absolute atomic E-state index is 12.5. The summed E-state index contributed by atoms with van der Waals surface area (Å²) in [6, 6.07) is 10.7. The largest absolute Gasteiger partial charge is 0.459 e. The van der Waals surface area contributed by atoms with E-state index in [1.807, 2.05) is 24.3 Å². The van der Waals surface area contributed by atoms with Gasteiger partial charge in [-0.15, -0.1) is 0 Å². The van der Waals surface area contributed by atoms with Gasteiger partial charge >= 0.3 is 0 Å². The third-order valence-corrected chi connectivity index (χ3v) is 4.80. The lowest BCUT2D eigenvalue weighted by atomic mass is 10.1. The lowest BCUT2D eigenvalue weighted by Gasteiger charge is -2.34. The van der Waals surface area contributed by atoms with Gasteiger partial charge in [-0.05, 0) is 29.8 Å². The van der Waals surface area contributed by atoms with E-state index in [2.05, 4.69) is 0 Å². The second-order valence-corrected chi connectivity index (χ2v) is 6.57. The summed E-state index contributed by atoms with van der Waals surface area (Å²) in [5.74, 6) is 0.177. The van der Waals surface area contributed by atoms with Crippen molar-refractivity contribution in [3.63, 3.8) is 0 Å². The third kappa shape index (κ3) is 4.36. The summed E-state index contributed by atoms with van der Waals surface area (Å²) in [5.41, 5.74) is 1.69. The molecule has 1 aromatic heterocycles. The number of amides is 3. The molecule has 3 amide bonds. The van der Waals surface area contributed by atoms with E-state index in [1.54, 1.807) is 33.9 Å². The van der Waals surface area contributed by atoms with Crippen LogP contribution in [0.15, 0.2) is 47.1 Å². The molecule has 27 heavy (non-hydrogen) atoms. The first-order valence-corrected chi connectivity index (χ1v) is 8.89. The number of hydrogen-bond acceptors (Lipinski definition) is 4. The van der Waals surface area contributed by atoms with E-state index < -0.39 is 0 Å². The number of piperazine rings is 1. The van der Waals surface area contributed by atoms with Crippen molar-refractivity contribution in [1.29, 1.82) is 0 Å². The monoisotopic (exact) mass is 369 g/mol. The maximum Gasteiger partial charge on any atom is 0.289 e. The van der Waals surface area contributed by atoms with Crippen LogP contribution in [0.1, 0.15) is 23.0 Å². The van der Waals surface area contributed by atoms with Gasteiger partial charge in [-0.2, -0.15) is 0 Å². The van der Waals surface area contributed by atoms with Gasteiger partial charge in [0.2, 0.25) is 11.8 Å². The molecule has 1 aliphatic heterocycles. The number of furan rings is 1. The molecule has 7 heteroatoms. The van der Waals surface area contributed by atoms with Crippen LogP contribution < -0.4 is 4.90 Å². The maximum atomic E-state index is 12.5. The first-order valence-electron chi connectivity index (χ1n) is 8.89. The molecule has 0 bridgehead atoms. The summed E-state index contributed by atoms with van der Waals surface area (Å²) >= 11 is 0. The Balaban J connectivity index is 1.52. The average molecular weight is 369 g/mol. The number of carbonyl (C=O) groups is 3. The molecule has 0 radical (unpaired) electrons. The van der Waals surface area contributed by atoms with Gasteiger partial charge in [0, 0.05) is 45.8 Å². The quantitative estimate of drug-likeness (QED) is 0.824. The number of anilines is 1. The van der Waals surface area contributed by atoms with Gasteiger partial charge in [0.1, 0.15) is 0 Å². The average Bonchev–Trinajstić information content (AvgIpc) is 3.22. The zero-order valence-electron chi connectivity index (χ0n) is 15.6. The molecule has 2 aromatic rings. The summed E-state index contributed by atoms with van der Waals surface area (Å²) in [6.45, 7) is 3.52. The number of nitrogens with zero attached hydrogens (tertiary/aromatic N) is 3. The van der Waals surface area contributed by atoms with Crippen LogP contribution in [0.3, 0.4) is 0 Å². The SMILES string of the molecule is CC(=O)N(C)c1ccc(CC(=O)N2CCN(C(=O)c3ccco3)CC2)cc1. The second-order valence-electron chi connectivity index (χ2n) is 6.57. The molecule has 7 nitrogen and oxygen atoms in total. The van der Waals surface area contributed by atoms with Crippen molar-refractivity contribution >= 4 is 23.4 Å². The Hall–Kier alpha value is -3.09. The molecule has 3 rings (SSSR count). The predicted octanol–water partition coefficient (Wildman–Crippen LogP) is 1.79. The highest BCUT2D eigenvalue weighted by Gasteiger charge is 2.26. The van der Waals surface area contributed by atoms with Gasteiger partial charge in [0.15, 0.2) is 5.76 Å². The summed E-state index contributed by atoms with van der Waals surface area (Å²) < 4.78 is 5.15. The molecule has 142 valence electrons. The first kappa shape index (κ1) is 18.7. The highest BCUT2D eigenvalue weighted by atomic mass is 16.3. The van der Waals surface area contributed by atoms with E-state index in [0.29, 0.717) is 38.4 Å². The fourth-order valence-electron chi connectivity index (χ4n) is 3.02. The van der Waals surface area contributed by atoms with Gasteiger partial charge in [0.05, 0.1) is 12.7 Å². The van der Waals surface area contributed by atoms with Crippen molar-refractivity contribution in [3.8, 4) is 0 Å². The minimum atomic E-state index is -0.141. The number of benzene rings is 1. The van der Waals surface area contributed by atoms with Crippen molar-refractivity contribution < 1.29 is 18.8 Å². The highest BCUT2D eigenvalue weighted by Crippen LogP contribution is 2.16. The summed E-state index contributed by atoms with van der Waals surface area (Å²) in [4.78, 5) is 41.2. The summed E-state index contributed by atoms with van der Waals surface area (Å²) in [6.07, 6.45) is 1.78. The lowest BCUT2D eigenvalue weighted by Crippen LogP contribution is -2.50. The van der Waals surface area contributed by atoms with Crippen LogP contribution in [0.25, 0.3) is 0 Å². The Kier molecular flexibility index (Phi) is 5.59. The molecule has 0 N–H and O–H groups in total. The van der Waals surface area contributed by atoms with Crippen molar-refractivity contribution in [3.05, 3.63) is 54.0 Å².